The first-order valence-corrected chi connectivity index (χ1v) is 11.8. The molecule has 0 radical (unpaired) electrons. The van der Waals surface area contributed by atoms with Gasteiger partial charge in [0.25, 0.3) is 5.91 Å². The highest BCUT2D eigenvalue weighted by atomic mass is 32.2. The number of amides is 1. The maximum atomic E-state index is 12.9. The lowest BCUT2D eigenvalue weighted by molar-refractivity contribution is 0.0742. The Hall–Kier alpha value is -2.18. The molecule has 0 saturated carbocycles. The Balaban J connectivity index is 2.10. The minimum atomic E-state index is -3.23. The molecule has 0 spiro atoms. The van der Waals surface area contributed by atoms with Crippen LogP contribution >= 0.6 is 0 Å². The molecule has 0 aliphatic heterocycles. The van der Waals surface area contributed by atoms with E-state index in [-0.39, 0.29) is 16.8 Å². The van der Waals surface area contributed by atoms with Crippen LogP contribution in [-0.4, -0.2) is 50.0 Å². The molecule has 0 heterocycles. The Kier molecular flexibility index (Phi) is 7.60. The van der Waals surface area contributed by atoms with E-state index in [2.05, 4.69) is 25.7 Å². The van der Waals surface area contributed by atoms with Crippen LogP contribution in [0.25, 0.3) is 0 Å². The van der Waals surface area contributed by atoms with E-state index >= 15 is 0 Å². The summed E-state index contributed by atoms with van der Waals surface area (Å²) >= 11 is 0. The first-order chi connectivity index (χ1) is 13.5. The predicted molar refractivity (Wildman–Crippen MR) is 118 cm³/mol. The minimum Gasteiger partial charge on any atom is -0.335 e. The molecule has 0 aliphatic rings. The number of rotatable bonds is 8. The number of sulfone groups is 1. The molecule has 1 amide bonds. The van der Waals surface area contributed by atoms with Crippen LogP contribution in [0.4, 0.5) is 0 Å². The van der Waals surface area contributed by atoms with Crippen LogP contribution in [0.1, 0.15) is 55.2 Å². The van der Waals surface area contributed by atoms with E-state index in [1.165, 1.54) is 11.8 Å². The van der Waals surface area contributed by atoms with Gasteiger partial charge in [-0.05, 0) is 62.7 Å². The summed E-state index contributed by atoms with van der Waals surface area (Å²) in [4.78, 5) is 17.2. The molecule has 0 aliphatic carbocycles. The standard InChI is InChI=1S/C23H32N2O3S/c1-7-25(17(2)3)16-19-8-10-21(11-9-19)23(26)24(5)18(4)20-12-14-22(15-13-20)29(6,27)28/h8-15,17-18H,7,16H2,1-6H3. The van der Waals surface area contributed by atoms with Crippen LogP contribution in [0.15, 0.2) is 53.4 Å². The Morgan fingerprint density at radius 3 is 1.97 bits per heavy atom. The van der Waals surface area contributed by atoms with E-state index in [1.54, 1.807) is 36.2 Å². The third kappa shape index (κ3) is 5.90. The fourth-order valence-corrected chi connectivity index (χ4v) is 3.87. The zero-order valence-corrected chi connectivity index (χ0v) is 19.0. The second-order valence-corrected chi connectivity index (χ2v) is 9.80. The van der Waals surface area contributed by atoms with Crippen LogP contribution in [0.5, 0.6) is 0 Å². The Labute approximate surface area is 175 Å². The molecule has 0 bridgehead atoms. The molecule has 0 fully saturated rings. The molecule has 158 valence electrons. The third-order valence-electron chi connectivity index (χ3n) is 5.41. The number of hydrogen-bond acceptors (Lipinski definition) is 4. The molecule has 2 rings (SSSR count). The Morgan fingerprint density at radius 1 is 0.966 bits per heavy atom. The number of benzene rings is 2. The quantitative estimate of drug-likeness (QED) is 0.649. The zero-order valence-electron chi connectivity index (χ0n) is 18.2. The fraction of sp³-hybridized carbons (Fsp3) is 0.435. The second-order valence-electron chi connectivity index (χ2n) is 7.79. The third-order valence-corrected chi connectivity index (χ3v) is 6.54. The van der Waals surface area contributed by atoms with Gasteiger partial charge in [0.05, 0.1) is 10.9 Å². The van der Waals surface area contributed by atoms with Crippen molar-refractivity contribution in [1.29, 1.82) is 0 Å². The van der Waals surface area contributed by atoms with Gasteiger partial charge in [0.2, 0.25) is 0 Å². The van der Waals surface area contributed by atoms with Crippen LogP contribution in [0.3, 0.4) is 0 Å². The van der Waals surface area contributed by atoms with Gasteiger partial charge in [0, 0.05) is 31.5 Å². The molecule has 2 aromatic carbocycles. The highest BCUT2D eigenvalue weighted by Gasteiger charge is 2.20. The van der Waals surface area contributed by atoms with Gasteiger partial charge in [-0.15, -0.1) is 0 Å². The number of nitrogens with zero attached hydrogens (tertiary/aromatic N) is 2. The summed E-state index contributed by atoms with van der Waals surface area (Å²) in [7, 11) is -1.46. The Bertz CT molecular complexity index is 920. The van der Waals surface area contributed by atoms with E-state index < -0.39 is 9.84 Å². The molecule has 1 unspecified atom stereocenters. The van der Waals surface area contributed by atoms with Gasteiger partial charge in [-0.1, -0.05) is 31.2 Å². The second kappa shape index (κ2) is 9.55. The largest absolute Gasteiger partial charge is 0.335 e. The number of carbonyl (C=O) groups is 1. The van der Waals surface area contributed by atoms with E-state index in [0.717, 1.165) is 18.7 Å². The number of hydrogen-bond donors (Lipinski definition) is 0. The summed E-state index contributed by atoms with van der Waals surface area (Å²) in [5, 5.41) is 0. The highest BCUT2D eigenvalue weighted by molar-refractivity contribution is 7.90. The molecular formula is C23H32N2O3S. The summed E-state index contributed by atoms with van der Waals surface area (Å²) in [6.07, 6.45) is 1.19. The van der Waals surface area contributed by atoms with Crippen LogP contribution in [0.2, 0.25) is 0 Å². The van der Waals surface area contributed by atoms with Crippen LogP contribution < -0.4 is 0 Å². The van der Waals surface area contributed by atoms with Crippen LogP contribution in [-0.2, 0) is 16.4 Å². The summed E-state index contributed by atoms with van der Waals surface area (Å²) in [6, 6.07) is 14.8. The molecule has 0 saturated heterocycles. The molecule has 2 aromatic rings. The van der Waals surface area contributed by atoms with Crippen molar-refractivity contribution >= 4 is 15.7 Å². The van der Waals surface area contributed by atoms with Crippen molar-refractivity contribution in [2.24, 2.45) is 0 Å². The predicted octanol–water partition coefficient (Wildman–Crippen LogP) is 4.15. The number of carbonyl (C=O) groups excluding carboxylic acids is 1. The van der Waals surface area contributed by atoms with E-state index in [1.807, 2.05) is 31.2 Å². The topological polar surface area (TPSA) is 57.7 Å². The SMILES string of the molecule is CCN(Cc1ccc(C(=O)N(C)C(C)c2ccc(S(C)(=O)=O)cc2)cc1)C(C)C. The van der Waals surface area contributed by atoms with Crippen molar-refractivity contribution in [3.63, 3.8) is 0 Å². The van der Waals surface area contributed by atoms with Gasteiger partial charge in [-0.3, -0.25) is 9.69 Å². The van der Waals surface area contributed by atoms with Crippen molar-refractivity contribution in [2.45, 2.75) is 51.2 Å². The monoisotopic (exact) mass is 416 g/mol. The smallest absolute Gasteiger partial charge is 0.254 e. The lowest BCUT2D eigenvalue weighted by Gasteiger charge is -2.26. The summed E-state index contributed by atoms with van der Waals surface area (Å²) < 4.78 is 23.2. The zero-order chi connectivity index (χ0) is 21.8. The fourth-order valence-electron chi connectivity index (χ4n) is 3.24. The maximum Gasteiger partial charge on any atom is 0.254 e. The van der Waals surface area contributed by atoms with Gasteiger partial charge in [0.1, 0.15) is 0 Å². The van der Waals surface area contributed by atoms with Crippen molar-refractivity contribution in [3.8, 4) is 0 Å². The van der Waals surface area contributed by atoms with Crippen molar-refractivity contribution in [3.05, 3.63) is 65.2 Å². The van der Waals surface area contributed by atoms with Crippen molar-refractivity contribution in [1.82, 2.24) is 9.80 Å². The highest BCUT2D eigenvalue weighted by Crippen LogP contribution is 2.23. The van der Waals surface area contributed by atoms with Gasteiger partial charge in [-0.2, -0.15) is 0 Å². The summed E-state index contributed by atoms with van der Waals surface area (Å²) in [6.45, 7) is 10.3. The van der Waals surface area contributed by atoms with Gasteiger partial charge in [-0.25, -0.2) is 8.42 Å². The van der Waals surface area contributed by atoms with Crippen LogP contribution in [0, 0.1) is 0 Å². The molecular weight excluding hydrogens is 384 g/mol. The van der Waals surface area contributed by atoms with E-state index in [0.29, 0.717) is 11.6 Å². The lowest BCUT2D eigenvalue weighted by atomic mass is 10.1. The van der Waals surface area contributed by atoms with Gasteiger partial charge < -0.3 is 4.90 Å². The molecule has 0 aromatic heterocycles. The maximum absolute atomic E-state index is 12.9. The molecule has 0 N–H and O–H groups in total. The average Bonchev–Trinajstić information content (AvgIpc) is 2.70. The van der Waals surface area contributed by atoms with E-state index in [4.69, 9.17) is 0 Å². The van der Waals surface area contributed by atoms with Crippen molar-refractivity contribution in [2.75, 3.05) is 19.8 Å². The van der Waals surface area contributed by atoms with Gasteiger partial charge in [0.15, 0.2) is 9.84 Å². The lowest BCUT2D eigenvalue weighted by Crippen LogP contribution is -2.30. The molecule has 5 nitrogen and oxygen atoms in total. The Morgan fingerprint density at radius 2 is 1.52 bits per heavy atom. The minimum absolute atomic E-state index is 0.0625. The average molecular weight is 417 g/mol. The van der Waals surface area contributed by atoms with Crippen molar-refractivity contribution < 1.29 is 13.2 Å². The summed E-state index contributed by atoms with van der Waals surface area (Å²) in [5.41, 5.74) is 2.72. The molecule has 29 heavy (non-hydrogen) atoms. The molecule has 6 heteroatoms. The first-order valence-electron chi connectivity index (χ1n) is 9.94. The summed E-state index contributed by atoms with van der Waals surface area (Å²) in [5.74, 6) is -0.0625. The van der Waals surface area contributed by atoms with Gasteiger partial charge >= 0.3 is 0 Å². The normalized spacial score (nSPS) is 13.0. The first kappa shape index (κ1) is 23.1. The molecule has 1 atom stereocenters. The van der Waals surface area contributed by atoms with E-state index in [9.17, 15) is 13.2 Å².